The van der Waals surface area contributed by atoms with Gasteiger partial charge in [-0.1, -0.05) is 6.07 Å². The molecule has 0 saturated carbocycles. The highest BCUT2D eigenvalue weighted by Crippen LogP contribution is 2.19. The van der Waals surface area contributed by atoms with E-state index in [0.717, 1.165) is 21.9 Å². The molecule has 1 heterocycles. The lowest BCUT2D eigenvalue weighted by molar-refractivity contribution is 0.281. The molecule has 1 aromatic carbocycles. The minimum absolute atomic E-state index is 0.115. The van der Waals surface area contributed by atoms with Gasteiger partial charge in [0, 0.05) is 16.3 Å². The standard InChI is InChI=1S/C13H14FNO3S2/c1-9-2-4-11(19-9)7-15-20(17,18)13-6-10(8-16)3-5-12(13)14/h2-6,15-16H,7-8H2,1H3. The third-order valence-electron chi connectivity index (χ3n) is 2.70. The summed E-state index contributed by atoms with van der Waals surface area (Å²) in [5.74, 6) is -0.836. The smallest absolute Gasteiger partial charge is 0.243 e. The lowest BCUT2D eigenvalue weighted by atomic mass is 10.2. The van der Waals surface area contributed by atoms with Crippen LogP contribution in [-0.2, 0) is 23.2 Å². The molecule has 2 N–H and O–H groups in total. The van der Waals surface area contributed by atoms with Crippen molar-refractivity contribution in [2.75, 3.05) is 0 Å². The molecule has 0 atom stereocenters. The summed E-state index contributed by atoms with van der Waals surface area (Å²) in [5.41, 5.74) is 0.346. The van der Waals surface area contributed by atoms with Crippen LogP contribution in [0.1, 0.15) is 15.3 Å². The molecule has 0 aliphatic heterocycles. The molecule has 0 aliphatic carbocycles. The van der Waals surface area contributed by atoms with Crippen molar-refractivity contribution in [3.05, 3.63) is 51.5 Å². The van der Waals surface area contributed by atoms with E-state index < -0.39 is 20.7 Å². The summed E-state index contributed by atoms with van der Waals surface area (Å²) in [4.78, 5) is 1.48. The minimum atomic E-state index is -3.94. The number of nitrogens with one attached hydrogen (secondary N) is 1. The van der Waals surface area contributed by atoms with E-state index >= 15 is 0 Å². The Kier molecular flexibility index (Phi) is 4.54. The van der Waals surface area contributed by atoms with Gasteiger partial charge in [0.05, 0.1) is 6.61 Å². The quantitative estimate of drug-likeness (QED) is 0.888. The van der Waals surface area contributed by atoms with Crippen molar-refractivity contribution in [3.8, 4) is 0 Å². The van der Waals surface area contributed by atoms with Gasteiger partial charge < -0.3 is 5.11 Å². The third-order valence-corrected chi connectivity index (χ3v) is 5.12. The van der Waals surface area contributed by atoms with Crippen LogP contribution in [0.25, 0.3) is 0 Å². The molecule has 1 aromatic heterocycles. The predicted molar refractivity (Wildman–Crippen MR) is 75.4 cm³/mol. The van der Waals surface area contributed by atoms with Gasteiger partial charge in [0.25, 0.3) is 0 Å². The van der Waals surface area contributed by atoms with Crippen molar-refractivity contribution in [1.29, 1.82) is 0 Å². The molecule has 0 aliphatic rings. The number of hydrogen-bond donors (Lipinski definition) is 2. The zero-order valence-electron chi connectivity index (χ0n) is 10.8. The summed E-state index contributed by atoms with van der Waals surface area (Å²) in [6, 6.07) is 7.23. The zero-order valence-corrected chi connectivity index (χ0v) is 12.4. The van der Waals surface area contributed by atoms with Crippen molar-refractivity contribution in [2.24, 2.45) is 0 Å². The van der Waals surface area contributed by atoms with Crippen LogP contribution in [0.4, 0.5) is 4.39 Å². The Bertz CT molecular complexity index is 710. The first-order valence-corrected chi connectivity index (χ1v) is 8.16. The van der Waals surface area contributed by atoms with Gasteiger partial charge in [0.15, 0.2) is 0 Å². The second-order valence-corrected chi connectivity index (χ2v) is 7.37. The first kappa shape index (κ1) is 15.1. The summed E-state index contributed by atoms with van der Waals surface area (Å²) in [6.07, 6.45) is 0. The van der Waals surface area contributed by atoms with Crippen LogP contribution in [0.3, 0.4) is 0 Å². The van der Waals surface area contributed by atoms with Crippen LogP contribution in [0.15, 0.2) is 35.2 Å². The molecule has 108 valence electrons. The third kappa shape index (κ3) is 3.43. The Hall–Kier alpha value is -1.28. The number of sulfonamides is 1. The van der Waals surface area contributed by atoms with Crippen molar-refractivity contribution in [3.63, 3.8) is 0 Å². The lowest BCUT2D eigenvalue weighted by Gasteiger charge is -2.08. The number of benzene rings is 1. The summed E-state index contributed by atoms with van der Waals surface area (Å²) >= 11 is 1.47. The van der Waals surface area contributed by atoms with Crippen molar-refractivity contribution < 1.29 is 17.9 Å². The normalized spacial score (nSPS) is 11.8. The first-order valence-electron chi connectivity index (χ1n) is 5.86. The van der Waals surface area contributed by atoms with E-state index in [9.17, 15) is 12.8 Å². The average molecular weight is 315 g/mol. The highest BCUT2D eigenvalue weighted by atomic mass is 32.2. The van der Waals surface area contributed by atoms with E-state index in [1.807, 2.05) is 19.1 Å². The highest BCUT2D eigenvalue weighted by Gasteiger charge is 2.19. The molecule has 0 saturated heterocycles. The second-order valence-electron chi connectivity index (χ2n) is 4.26. The monoisotopic (exact) mass is 315 g/mol. The Morgan fingerprint density at radius 1 is 1.30 bits per heavy atom. The maximum atomic E-state index is 13.6. The Labute approximate surface area is 120 Å². The fourth-order valence-electron chi connectivity index (χ4n) is 1.68. The van der Waals surface area contributed by atoms with Crippen molar-refractivity contribution >= 4 is 21.4 Å². The summed E-state index contributed by atoms with van der Waals surface area (Å²) in [6.45, 7) is 1.70. The van der Waals surface area contributed by atoms with E-state index in [-0.39, 0.29) is 13.2 Å². The van der Waals surface area contributed by atoms with Gasteiger partial charge in [0.2, 0.25) is 10.0 Å². The number of halogens is 1. The van der Waals surface area contributed by atoms with Gasteiger partial charge in [0.1, 0.15) is 10.7 Å². The number of rotatable bonds is 5. The Balaban J connectivity index is 2.21. The van der Waals surface area contributed by atoms with Crippen LogP contribution in [0.5, 0.6) is 0 Å². The summed E-state index contributed by atoms with van der Waals surface area (Å²) in [5, 5.41) is 8.99. The van der Waals surface area contributed by atoms with E-state index in [0.29, 0.717) is 5.56 Å². The van der Waals surface area contributed by atoms with E-state index in [1.165, 1.54) is 17.4 Å². The molecule has 0 spiro atoms. The van der Waals surface area contributed by atoms with Crippen molar-refractivity contribution in [2.45, 2.75) is 25.0 Å². The molecule has 0 radical (unpaired) electrons. The molecule has 20 heavy (non-hydrogen) atoms. The molecule has 7 heteroatoms. The van der Waals surface area contributed by atoms with Gasteiger partial charge in [-0.15, -0.1) is 11.3 Å². The van der Waals surface area contributed by atoms with Crippen LogP contribution in [-0.4, -0.2) is 13.5 Å². The van der Waals surface area contributed by atoms with Gasteiger partial charge in [-0.05, 0) is 36.8 Å². The van der Waals surface area contributed by atoms with E-state index in [4.69, 9.17) is 5.11 Å². The molecule has 2 rings (SSSR count). The van der Waals surface area contributed by atoms with E-state index in [2.05, 4.69) is 4.72 Å². The summed E-state index contributed by atoms with van der Waals surface area (Å²) in [7, 11) is -3.94. The van der Waals surface area contributed by atoms with E-state index in [1.54, 1.807) is 0 Å². The Morgan fingerprint density at radius 2 is 2.05 bits per heavy atom. The maximum absolute atomic E-state index is 13.6. The maximum Gasteiger partial charge on any atom is 0.243 e. The number of thiophene rings is 1. The minimum Gasteiger partial charge on any atom is -0.392 e. The molecule has 0 amide bonds. The topological polar surface area (TPSA) is 66.4 Å². The molecule has 0 unspecified atom stereocenters. The van der Waals surface area contributed by atoms with Crippen LogP contribution in [0.2, 0.25) is 0 Å². The zero-order chi connectivity index (χ0) is 14.8. The largest absolute Gasteiger partial charge is 0.392 e. The number of aliphatic hydroxyl groups is 1. The second kappa shape index (κ2) is 6.01. The highest BCUT2D eigenvalue weighted by molar-refractivity contribution is 7.89. The average Bonchev–Trinajstić information content (AvgIpc) is 2.83. The molecular formula is C13H14FNO3S2. The molecule has 2 aromatic rings. The molecule has 0 bridgehead atoms. The fourth-order valence-corrected chi connectivity index (χ4v) is 3.73. The molecule has 0 fully saturated rings. The fraction of sp³-hybridized carbons (Fsp3) is 0.231. The predicted octanol–water partition coefficient (Wildman–Crippen LogP) is 2.17. The van der Waals surface area contributed by atoms with Crippen molar-refractivity contribution in [1.82, 2.24) is 4.72 Å². The number of aliphatic hydroxyl groups excluding tert-OH is 1. The van der Waals surface area contributed by atoms with Gasteiger partial charge in [-0.3, -0.25) is 0 Å². The number of hydrogen-bond acceptors (Lipinski definition) is 4. The van der Waals surface area contributed by atoms with Gasteiger partial charge in [-0.25, -0.2) is 17.5 Å². The Morgan fingerprint density at radius 3 is 2.65 bits per heavy atom. The molecular weight excluding hydrogens is 301 g/mol. The van der Waals surface area contributed by atoms with Gasteiger partial charge in [-0.2, -0.15) is 0 Å². The lowest BCUT2D eigenvalue weighted by Crippen LogP contribution is -2.24. The molecule has 4 nitrogen and oxygen atoms in total. The van der Waals surface area contributed by atoms with Crippen LogP contribution >= 0.6 is 11.3 Å². The summed E-state index contributed by atoms with van der Waals surface area (Å²) < 4.78 is 40.1. The van der Waals surface area contributed by atoms with Crippen LogP contribution < -0.4 is 4.72 Å². The number of aryl methyl sites for hydroxylation is 1. The first-order chi connectivity index (χ1) is 9.42. The van der Waals surface area contributed by atoms with Crippen LogP contribution in [0, 0.1) is 12.7 Å². The van der Waals surface area contributed by atoms with Gasteiger partial charge >= 0.3 is 0 Å². The SMILES string of the molecule is Cc1ccc(CNS(=O)(=O)c2cc(CO)ccc2F)s1.